The SMILES string of the molecule is Cc1nn(C)c(C)c1CN(CCO)C(=O)[C@@H]1CC2(CCNCC2)CN1C. The number of hydrogen-bond donors (Lipinski definition) is 2. The Labute approximate surface area is 156 Å². The first-order chi connectivity index (χ1) is 12.4. The van der Waals surface area contributed by atoms with Crippen LogP contribution in [0.1, 0.15) is 36.2 Å². The molecule has 2 saturated heterocycles. The van der Waals surface area contributed by atoms with Crippen molar-refractivity contribution in [2.45, 2.75) is 45.7 Å². The second kappa shape index (κ2) is 7.66. The maximum absolute atomic E-state index is 13.3. The van der Waals surface area contributed by atoms with E-state index in [1.54, 1.807) is 0 Å². The molecule has 2 aliphatic rings. The maximum atomic E-state index is 13.3. The Bertz CT molecular complexity index is 651. The van der Waals surface area contributed by atoms with Crippen molar-refractivity contribution in [3.05, 3.63) is 17.0 Å². The number of amides is 1. The van der Waals surface area contributed by atoms with E-state index in [1.165, 1.54) is 0 Å². The number of nitrogens with zero attached hydrogens (tertiary/aromatic N) is 4. The Kier molecular flexibility index (Phi) is 5.69. The van der Waals surface area contributed by atoms with E-state index in [0.717, 1.165) is 55.8 Å². The molecule has 1 aromatic rings. The van der Waals surface area contributed by atoms with Crippen LogP contribution in [0, 0.1) is 19.3 Å². The lowest BCUT2D eigenvalue weighted by atomic mass is 9.77. The van der Waals surface area contributed by atoms with E-state index in [2.05, 4.69) is 22.4 Å². The molecule has 26 heavy (non-hydrogen) atoms. The van der Waals surface area contributed by atoms with Crippen molar-refractivity contribution in [3.8, 4) is 0 Å². The molecule has 2 aliphatic heterocycles. The van der Waals surface area contributed by atoms with Gasteiger partial charge in [0.1, 0.15) is 0 Å². The quantitative estimate of drug-likeness (QED) is 0.794. The molecular weight excluding hydrogens is 330 g/mol. The maximum Gasteiger partial charge on any atom is 0.240 e. The summed E-state index contributed by atoms with van der Waals surface area (Å²) in [5, 5.41) is 17.4. The third-order valence-electron chi connectivity index (χ3n) is 6.38. The van der Waals surface area contributed by atoms with Gasteiger partial charge in [-0.3, -0.25) is 14.4 Å². The fraction of sp³-hybridized carbons (Fsp3) is 0.789. The molecule has 3 heterocycles. The molecule has 1 amide bonds. The molecule has 0 saturated carbocycles. The molecule has 0 aromatic carbocycles. The summed E-state index contributed by atoms with van der Waals surface area (Å²) in [6.07, 6.45) is 3.21. The molecule has 1 atom stereocenters. The van der Waals surface area contributed by atoms with Crippen molar-refractivity contribution in [1.29, 1.82) is 0 Å². The lowest BCUT2D eigenvalue weighted by molar-refractivity contribution is -0.136. The van der Waals surface area contributed by atoms with Gasteiger partial charge in [-0.15, -0.1) is 0 Å². The number of piperidine rings is 1. The van der Waals surface area contributed by atoms with E-state index < -0.39 is 0 Å². The predicted molar refractivity (Wildman–Crippen MR) is 101 cm³/mol. The second-order valence-corrected chi connectivity index (χ2v) is 8.14. The molecule has 146 valence electrons. The van der Waals surface area contributed by atoms with E-state index >= 15 is 0 Å². The predicted octanol–water partition coefficient (Wildman–Crippen LogP) is 0.432. The topological polar surface area (TPSA) is 73.6 Å². The van der Waals surface area contributed by atoms with Gasteiger partial charge in [0.15, 0.2) is 0 Å². The van der Waals surface area contributed by atoms with Gasteiger partial charge < -0.3 is 15.3 Å². The first kappa shape index (κ1) is 19.3. The molecule has 2 fully saturated rings. The second-order valence-electron chi connectivity index (χ2n) is 8.14. The van der Waals surface area contributed by atoms with Gasteiger partial charge >= 0.3 is 0 Å². The summed E-state index contributed by atoms with van der Waals surface area (Å²) in [4.78, 5) is 17.4. The van der Waals surface area contributed by atoms with E-state index in [9.17, 15) is 9.90 Å². The molecule has 0 unspecified atom stereocenters. The first-order valence-electron chi connectivity index (χ1n) is 9.66. The van der Waals surface area contributed by atoms with Gasteiger partial charge in [-0.05, 0) is 58.7 Å². The fourth-order valence-electron chi connectivity index (χ4n) is 4.70. The summed E-state index contributed by atoms with van der Waals surface area (Å²) < 4.78 is 1.86. The molecule has 7 heteroatoms. The van der Waals surface area contributed by atoms with Crippen molar-refractivity contribution in [1.82, 2.24) is 24.9 Å². The first-order valence-corrected chi connectivity index (χ1v) is 9.66. The minimum absolute atomic E-state index is 0.0183. The van der Waals surface area contributed by atoms with Crippen molar-refractivity contribution < 1.29 is 9.90 Å². The van der Waals surface area contributed by atoms with Crippen LogP contribution < -0.4 is 5.32 Å². The number of hydrogen-bond acceptors (Lipinski definition) is 5. The van der Waals surface area contributed by atoms with Gasteiger partial charge in [0.05, 0.1) is 18.3 Å². The van der Waals surface area contributed by atoms with Gasteiger partial charge in [0.2, 0.25) is 5.91 Å². The van der Waals surface area contributed by atoms with Gasteiger partial charge in [-0.25, -0.2) is 0 Å². The number of nitrogens with one attached hydrogen (secondary N) is 1. The summed E-state index contributed by atoms with van der Waals surface area (Å²) in [6.45, 7) is 7.96. The highest BCUT2D eigenvalue weighted by Gasteiger charge is 2.46. The summed E-state index contributed by atoms with van der Waals surface area (Å²) in [6, 6.07) is -0.0862. The highest BCUT2D eigenvalue weighted by Crippen LogP contribution is 2.41. The third kappa shape index (κ3) is 3.66. The van der Waals surface area contributed by atoms with Crippen LogP contribution in [-0.4, -0.2) is 76.5 Å². The monoisotopic (exact) mass is 363 g/mol. The molecule has 0 radical (unpaired) electrons. The van der Waals surface area contributed by atoms with Crippen LogP contribution in [0.4, 0.5) is 0 Å². The molecule has 7 nitrogen and oxygen atoms in total. The zero-order valence-corrected chi connectivity index (χ0v) is 16.6. The van der Waals surface area contributed by atoms with Crippen LogP contribution in [0.3, 0.4) is 0 Å². The number of carbonyl (C=O) groups is 1. The van der Waals surface area contributed by atoms with Gasteiger partial charge in [0, 0.05) is 37.9 Å². The highest BCUT2D eigenvalue weighted by atomic mass is 16.3. The highest BCUT2D eigenvalue weighted by molar-refractivity contribution is 5.82. The van der Waals surface area contributed by atoms with Crippen LogP contribution in [0.5, 0.6) is 0 Å². The zero-order chi connectivity index (χ0) is 18.9. The number of aromatic nitrogens is 2. The smallest absolute Gasteiger partial charge is 0.240 e. The van der Waals surface area contributed by atoms with Crippen LogP contribution in [0.15, 0.2) is 0 Å². The van der Waals surface area contributed by atoms with Gasteiger partial charge in [-0.2, -0.15) is 5.10 Å². The average molecular weight is 364 g/mol. The normalized spacial score (nSPS) is 22.9. The Balaban J connectivity index is 1.76. The number of carbonyl (C=O) groups excluding carboxylic acids is 1. The summed E-state index contributed by atoms with van der Waals surface area (Å²) >= 11 is 0. The van der Waals surface area contributed by atoms with Crippen molar-refractivity contribution >= 4 is 5.91 Å². The van der Waals surface area contributed by atoms with E-state index in [-0.39, 0.29) is 24.0 Å². The van der Waals surface area contributed by atoms with E-state index in [1.807, 2.05) is 30.5 Å². The van der Waals surface area contributed by atoms with E-state index in [0.29, 0.717) is 13.1 Å². The van der Waals surface area contributed by atoms with Crippen LogP contribution in [0.2, 0.25) is 0 Å². The van der Waals surface area contributed by atoms with Gasteiger partial charge in [0.25, 0.3) is 0 Å². The fourth-order valence-corrected chi connectivity index (χ4v) is 4.70. The number of aryl methyl sites for hydroxylation is 2. The summed E-state index contributed by atoms with van der Waals surface area (Å²) in [5.74, 6) is 0.139. The Morgan fingerprint density at radius 3 is 2.62 bits per heavy atom. The van der Waals surface area contributed by atoms with E-state index in [4.69, 9.17) is 0 Å². The largest absolute Gasteiger partial charge is 0.395 e. The van der Waals surface area contributed by atoms with Crippen LogP contribution >= 0.6 is 0 Å². The molecule has 0 bridgehead atoms. The molecule has 3 rings (SSSR count). The number of aliphatic hydroxyl groups is 1. The Morgan fingerprint density at radius 1 is 1.35 bits per heavy atom. The summed E-state index contributed by atoms with van der Waals surface area (Å²) in [7, 11) is 3.99. The molecular formula is C19H33N5O2. The Morgan fingerprint density at radius 2 is 2.04 bits per heavy atom. The molecule has 0 aliphatic carbocycles. The minimum Gasteiger partial charge on any atom is -0.395 e. The van der Waals surface area contributed by atoms with Crippen LogP contribution in [-0.2, 0) is 18.4 Å². The van der Waals surface area contributed by atoms with Crippen molar-refractivity contribution in [3.63, 3.8) is 0 Å². The standard InChI is InChI=1S/C19H33N5O2/c1-14-16(15(2)23(4)21-14)12-24(9-10-25)18(26)17-11-19(13-22(17)3)5-7-20-8-6-19/h17,20,25H,5-13H2,1-4H3/t17-/m0/s1. The lowest BCUT2D eigenvalue weighted by Crippen LogP contribution is -2.45. The number of aliphatic hydroxyl groups excluding tert-OH is 1. The lowest BCUT2D eigenvalue weighted by Gasteiger charge is -2.33. The number of rotatable bonds is 5. The number of likely N-dealkylation sites (tertiary alicyclic amines) is 1. The van der Waals surface area contributed by atoms with Crippen molar-refractivity contribution in [2.75, 3.05) is 39.8 Å². The van der Waals surface area contributed by atoms with Crippen molar-refractivity contribution in [2.24, 2.45) is 12.5 Å². The minimum atomic E-state index is -0.0862. The number of likely N-dealkylation sites (N-methyl/N-ethyl adjacent to an activating group) is 1. The zero-order valence-electron chi connectivity index (χ0n) is 16.6. The third-order valence-corrected chi connectivity index (χ3v) is 6.38. The van der Waals surface area contributed by atoms with Gasteiger partial charge in [-0.1, -0.05) is 0 Å². The molecule has 1 aromatic heterocycles. The molecule has 2 N–H and O–H groups in total. The Hall–Kier alpha value is -1.44. The average Bonchev–Trinajstić information content (AvgIpc) is 3.05. The summed E-state index contributed by atoms with van der Waals surface area (Å²) in [5.41, 5.74) is 3.39. The van der Waals surface area contributed by atoms with Crippen LogP contribution in [0.25, 0.3) is 0 Å². The molecule has 1 spiro atoms.